The first-order chi connectivity index (χ1) is 9.04. The highest BCUT2D eigenvalue weighted by Gasteiger charge is 2.06. The summed E-state index contributed by atoms with van der Waals surface area (Å²) in [7, 11) is 0. The minimum absolute atomic E-state index is 0.110. The maximum atomic E-state index is 11.6. The Morgan fingerprint density at radius 3 is 2.79 bits per heavy atom. The lowest BCUT2D eigenvalue weighted by molar-refractivity contribution is -0.121. The Bertz CT molecular complexity index is 387. The first kappa shape index (κ1) is 15.7. The third-order valence-electron chi connectivity index (χ3n) is 3.16. The summed E-state index contributed by atoms with van der Waals surface area (Å²) in [4.78, 5) is 15.7. The molecule has 0 saturated carbocycles. The third kappa shape index (κ3) is 5.42. The molecule has 0 aliphatic heterocycles. The standard InChI is InChI=1S/C14H26N4O/c1-5-12(4)17-14(19)6-7-15-8-13-9-16-10-18(13)11(2)3/h9-12,15H,5-8H2,1-4H3,(H,17,19). The van der Waals surface area contributed by atoms with Crippen molar-refractivity contribution in [3.05, 3.63) is 18.2 Å². The number of aromatic nitrogens is 2. The van der Waals surface area contributed by atoms with E-state index in [2.05, 4.69) is 41.0 Å². The van der Waals surface area contributed by atoms with Crippen molar-refractivity contribution in [3.63, 3.8) is 0 Å². The van der Waals surface area contributed by atoms with Crippen LogP contribution in [0.4, 0.5) is 0 Å². The maximum Gasteiger partial charge on any atom is 0.221 e. The first-order valence-corrected chi connectivity index (χ1v) is 7.05. The van der Waals surface area contributed by atoms with Crippen molar-refractivity contribution in [1.29, 1.82) is 0 Å². The van der Waals surface area contributed by atoms with E-state index in [1.807, 2.05) is 19.4 Å². The van der Waals surface area contributed by atoms with E-state index < -0.39 is 0 Å². The Hall–Kier alpha value is -1.36. The highest BCUT2D eigenvalue weighted by molar-refractivity contribution is 5.76. The van der Waals surface area contributed by atoms with Crippen LogP contribution in [-0.2, 0) is 11.3 Å². The molecule has 0 aliphatic rings. The van der Waals surface area contributed by atoms with Gasteiger partial charge in [-0.1, -0.05) is 6.92 Å². The summed E-state index contributed by atoms with van der Waals surface area (Å²) >= 11 is 0. The molecule has 0 saturated heterocycles. The quantitative estimate of drug-likeness (QED) is 0.706. The summed E-state index contributed by atoms with van der Waals surface area (Å²) < 4.78 is 2.13. The predicted octanol–water partition coefficient (Wildman–Crippen LogP) is 1.86. The molecule has 0 bridgehead atoms. The molecule has 2 N–H and O–H groups in total. The van der Waals surface area contributed by atoms with E-state index >= 15 is 0 Å². The minimum atomic E-state index is 0.110. The number of amides is 1. The maximum absolute atomic E-state index is 11.6. The minimum Gasteiger partial charge on any atom is -0.354 e. The van der Waals surface area contributed by atoms with Gasteiger partial charge >= 0.3 is 0 Å². The molecule has 0 aromatic carbocycles. The largest absolute Gasteiger partial charge is 0.354 e. The number of nitrogens with one attached hydrogen (secondary N) is 2. The number of nitrogens with zero attached hydrogens (tertiary/aromatic N) is 2. The molecule has 19 heavy (non-hydrogen) atoms. The molecule has 0 aliphatic carbocycles. The van der Waals surface area contributed by atoms with E-state index in [9.17, 15) is 4.79 Å². The summed E-state index contributed by atoms with van der Waals surface area (Å²) in [5.41, 5.74) is 1.15. The number of rotatable bonds is 8. The number of imidazole rings is 1. The SMILES string of the molecule is CCC(C)NC(=O)CCNCc1cncn1C(C)C. The van der Waals surface area contributed by atoms with Gasteiger partial charge in [0.15, 0.2) is 0 Å². The van der Waals surface area contributed by atoms with Crippen LogP contribution in [0.1, 0.15) is 52.3 Å². The second kappa shape index (κ2) is 7.94. The molecule has 1 rings (SSSR count). The van der Waals surface area contributed by atoms with Gasteiger partial charge in [-0.15, -0.1) is 0 Å². The van der Waals surface area contributed by atoms with Crippen LogP contribution < -0.4 is 10.6 Å². The van der Waals surface area contributed by atoms with Gasteiger partial charge in [-0.05, 0) is 27.2 Å². The monoisotopic (exact) mass is 266 g/mol. The van der Waals surface area contributed by atoms with Gasteiger partial charge in [-0.3, -0.25) is 4.79 Å². The van der Waals surface area contributed by atoms with Gasteiger partial charge in [0.05, 0.1) is 12.0 Å². The average Bonchev–Trinajstić information content (AvgIpc) is 2.83. The summed E-state index contributed by atoms with van der Waals surface area (Å²) in [6.45, 7) is 9.78. The van der Waals surface area contributed by atoms with Crippen LogP contribution in [0.2, 0.25) is 0 Å². The third-order valence-corrected chi connectivity index (χ3v) is 3.16. The van der Waals surface area contributed by atoms with Gasteiger partial charge < -0.3 is 15.2 Å². The molecule has 5 nitrogen and oxygen atoms in total. The van der Waals surface area contributed by atoms with Crippen LogP contribution in [0.15, 0.2) is 12.5 Å². The van der Waals surface area contributed by atoms with Crippen LogP contribution >= 0.6 is 0 Å². The lowest BCUT2D eigenvalue weighted by atomic mass is 10.2. The zero-order valence-corrected chi connectivity index (χ0v) is 12.4. The molecular weight excluding hydrogens is 240 g/mol. The highest BCUT2D eigenvalue weighted by atomic mass is 16.1. The van der Waals surface area contributed by atoms with Crippen molar-refractivity contribution in [2.24, 2.45) is 0 Å². The zero-order chi connectivity index (χ0) is 14.3. The molecule has 0 fully saturated rings. The van der Waals surface area contributed by atoms with E-state index in [1.165, 1.54) is 0 Å². The van der Waals surface area contributed by atoms with E-state index in [0.717, 1.165) is 18.7 Å². The molecule has 1 unspecified atom stereocenters. The van der Waals surface area contributed by atoms with E-state index in [-0.39, 0.29) is 11.9 Å². The van der Waals surface area contributed by atoms with Crippen molar-refractivity contribution >= 4 is 5.91 Å². The average molecular weight is 266 g/mol. The smallest absolute Gasteiger partial charge is 0.221 e. The Kier molecular flexibility index (Phi) is 6.56. The van der Waals surface area contributed by atoms with Gasteiger partial charge in [0.25, 0.3) is 0 Å². The zero-order valence-electron chi connectivity index (χ0n) is 12.4. The molecule has 1 amide bonds. The Balaban J connectivity index is 2.24. The van der Waals surface area contributed by atoms with Crippen LogP contribution in [0.3, 0.4) is 0 Å². The first-order valence-electron chi connectivity index (χ1n) is 7.05. The molecule has 108 valence electrons. The molecule has 5 heteroatoms. The Morgan fingerprint density at radius 1 is 1.42 bits per heavy atom. The lowest BCUT2D eigenvalue weighted by Gasteiger charge is -2.13. The molecule has 0 radical (unpaired) electrons. The summed E-state index contributed by atoms with van der Waals surface area (Å²) in [5.74, 6) is 0.110. The van der Waals surface area contributed by atoms with Gasteiger partial charge in [-0.25, -0.2) is 4.98 Å². The molecule has 1 atom stereocenters. The van der Waals surface area contributed by atoms with E-state index in [4.69, 9.17) is 0 Å². The van der Waals surface area contributed by atoms with Gasteiger partial charge in [-0.2, -0.15) is 0 Å². The van der Waals surface area contributed by atoms with Crippen molar-refractivity contribution in [3.8, 4) is 0 Å². The van der Waals surface area contributed by atoms with Crippen LogP contribution in [0.5, 0.6) is 0 Å². The fraction of sp³-hybridized carbons (Fsp3) is 0.714. The number of carbonyl (C=O) groups excluding carboxylic acids is 1. The Labute approximate surface area is 115 Å². The Morgan fingerprint density at radius 2 is 2.16 bits per heavy atom. The predicted molar refractivity (Wildman–Crippen MR) is 76.8 cm³/mol. The highest BCUT2D eigenvalue weighted by Crippen LogP contribution is 2.08. The second-order valence-electron chi connectivity index (χ2n) is 5.19. The summed E-state index contributed by atoms with van der Waals surface area (Å²) in [6.07, 6.45) is 5.19. The van der Waals surface area contributed by atoms with Crippen LogP contribution in [0.25, 0.3) is 0 Å². The van der Waals surface area contributed by atoms with Crippen LogP contribution in [-0.4, -0.2) is 28.0 Å². The molecule has 1 aromatic heterocycles. The van der Waals surface area contributed by atoms with Gasteiger partial charge in [0, 0.05) is 37.8 Å². The van der Waals surface area contributed by atoms with E-state index in [0.29, 0.717) is 19.0 Å². The van der Waals surface area contributed by atoms with Gasteiger partial charge in [0.1, 0.15) is 0 Å². The molecular formula is C14H26N4O. The van der Waals surface area contributed by atoms with Crippen molar-refractivity contribution < 1.29 is 4.79 Å². The number of hydrogen-bond donors (Lipinski definition) is 2. The van der Waals surface area contributed by atoms with E-state index in [1.54, 1.807) is 0 Å². The molecule has 1 heterocycles. The molecule has 1 aromatic rings. The lowest BCUT2D eigenvalue weighted by Crippen LogP contribution is -2.34. The van der Waals surface area contributed by atoms with Crippen molar-refractivity contribution in [2.45, 2.75) is 59.2 Å². The fourth-order valence-corrected chi connectivity index (χ4v) is 1.80. The summed E-state index contributed by atoms with van der Waals surface area (Å²) in [5, 5.41) is 6.24. The van der Waals surface area contributed by atoms with Gasteiger partial charge in [0.2, 0.25) is 5.91 Å². The second-order valence-corrected chi connectivity index (χ2v) is 5.19. The van der Waals surface area contributed by atoms with Crippen molar-refractivity contribution in [2.75, 3.05) is 6.54 Å². The van der Waals surface area contributed by atoms with Crippen LogP contribution in [0, 0.1) is 0 Å². The number of hydrogen-bond acceptors (Lipinski definition) is 3. The summed E-state index contributed by atoms with van der Waals surface area (Å²) in [6, 6.07) is 0.669. The van der Waals surface area contributed by atoms with Crippen molar-refractivity contribution in [1.82, 2.24) is 20.2 Å². The topological polar surface area (TPSA) is 59.0 Å². The fourth-order valence-electron chi connectivity index (χ4n) is 1.80. The normalized spacial score (nSPS) is 12.7. The number of carbonyl (C=O) groups is 1. The molecule has 0 spiro atoms.